The van der Waals surface area contributed by atoms with Crippen molar-refractivity contribution in [3.8, 4) is 0 Å². The van der Waals surface area contributed by atoms with Gasteiger partial charge in [0.25, 0.3) is 10.0 Å². The van der Waals surface area contributed by atoms with Gasteiger partial charge in [-0.2, -0.15) is 8.42 Å². The van der Waals surface area contributed by atoms with E-state index in [4.69, 9.17) is 0 Å². The number of carbonyl (C=O) groups excluding carboxylic acids is 2. The minimum absolute atomic E-state index is 0.0232. The summed E-state index contributed by atoms with van der Waals surface area (Å²) < 4.78 is 29.8. The van der Waals surface area contributed by atoms with Gasteiger partial charge in [0.2, 0.25) is 5.91 Å². The zero-order chi connectivity index (χ0) is 20.9. The van der Waals surface area contributed by atoms with Gasteiger partial charge in [-0.25, -0.2) is 0 Å². The van der Waals surface area contributed by atoms with Crippen LogP contribution in [-0.2, 0) is 14.8 Å². The maximum absolute atomic E-state index is 13.3. The number of halogens is 1. The van der Waals surface area contributed by atoms with E-state index in [0.717, 1.165) is 10.2 Å². The Hall–Kier alpha value is -2.04. The second kappa shape index (κ2) is 7.33. The molecular formula is C19H18BrN3O4S2. The maximum Gasteiger partial charge on any atom is 0.286 e. The fourth-order valence-electron chi connectivity index (χ4n) is 3.35. The van der Waals surface area contributed by atoms with E-state index in [-0.39, 0.29) is 10.7 Å². The number of ketones is 1. The van der Waals surface area contributed by atoms with Crippen molar-refractivity contribution in [2.75, 3.05) is 16.8 Å². The third-order valence-corrected chi connectivity index (χ3v) is 7.83. The van der Waals surface area contributed by atoms with Gasteiger partial charge in [0, 0.05) is 6.54 Å². The minimum atomic E-state index is -4.01. The molecule has 0 fully saturated rings. The van der Waals surface area contributed by atoms with Crippen LogP contribution < -0.4 is 10.2 Å². The Morgan fingerprint density at radius 1 is 1.28 bits per heavy atom. The highest BCUT2D eigenvalue weighted by Crippen LogP contribution is 2.41. The monoisotopic (exact) mass is 495 g/mol. The molecule has 1 aromatic heterocycles. The second-order valence-electron chi connectivity index (χ2n) is 7.31. The first kappa shape index (κ1) is 20.2. The molecular weight excluding hydrogens is 478 g/mol. The predicted octanol–water partition coefficient (Wildman–Crippen LogP) is 3.92. The van der Waals surface area contributed by atoms with E-state index in [1.165, 1.54) is 17.4 Å². The molecule has 0 spiro atoms. The first-order valence-corrected chi connectivity index (χ1v) is 12.1. The average molecular weight is 496 g/mol. The van der Waals surface area contributed by atoms with Crippen LogP contribution in [0.1, 0.15) is 30.6 Å². The highest BCUT2D eigenvalue weighted by atomic mass is 79.9. The van der Waals surface area contributed by atoms with E-state index in [2.05, 4.69) is 39.5 Å². The lowest BCUT2D eigenvalue weighted by Gasteiger charge is -2.33. The van der Waals surface area contributed by atoms with Crippen molar-refractivity contribution in [1.82, 2.24) is 0 Å². The van der Waals surface area contributed by atoms with Gasteiger partial charge in [0.15, 0.2) is 11.7 Å². The number of thiophene rings is 1. The molecule has 10 heteroatoms. The molecule has 0 saturated carbocycles. The molecule has 7 nitrogen and oxygen atoms in total. The van der Waals surface area contributed by atoms with Crippen LogP contribution in [0.2, 0.25) is 0 Å². The predicted molar refractivity (Wildman–Crippen MR) is 116 cm³/mol. The van der Waals surface area contributed by atoms with Crippen LogP contribution in [0.4, 0.5) is 10.7 Å². The van der Waals surface area contributed by atoms with Gasteiger partial charge >= 0.3 is 0 Å². The number of benzene rings is 1. The highest BCUT2D eigenvalue weighted by molar-refractivity contribution is 9.11. The number of nitrogens with zero attached hydrogens (tertiary/aromatic N) is 2. The van der Waals surface area contributed by atoms with Gasteiger partial charge in [-0.3, -0.25) is 9.59 Å². The summed E-state index contributed by atoms with van der Waals surface area (Å²) in [6, 6.07) is 7.97. The van der Waals surface area contributed by atoms with Gasteiger partial charge in [0.1, 0.15) is 15.7 Å². The van der Waals surface area contributed by atoms with Crippen LogP contribution in [0.25, 0.3) is 0 Å². The maximum atomic E-state index is 13.3. The van der Waals surface area contributed by atoms with Crippen molar-refractivity contribution in [3.63, 3.8) is 0 Å². The molecule has 2 aliphatic heterocycles. The Labute approximate surface area is 181 Å². The number of hydrogen-bond donors (Lipinski definition) is 1. The van der Waals surface area contributed by atoms with Crippen LogP contribution in [0.3, 0.4) is 0 Å². The fraction of sp³-hybridized carbons (Fsp3) is 0.316. The van der Waals surface area contributed by atoms with E-state index < -0.39 is 27.6 Å². The van der Waals surface area contributed by atoms with Gasteiger partial charge in [0.05, 0.1) is 15.0 Å². The molecule has 1 aromatic carbocycles. The standard InChI is InChI=1S/C19H18BrN3O4S2/c1-10(2)7-8-23-18(25)15(16(24)11-9-14(20)28-19(11)23)17-21-12-5-3-4-6-13(12)29(26,27)22-17/h3-6,9-10,15H,7-8H2,1-2H3,(H,21,22). The number of para-hydroxylation sites is 1. The van der Waals surface area contributed by atoms with Crippen molar-refractivity contribution in [2.24, 2.45) is 16.2 Å². The zero-order valence-electron chi connectivity index (χ0n) is 15.7. The van der Waals surface area contributed by atoms with Crippen LogP contribution in [-0.4, -0.2) is 32.5 Å². The van der Waals surface area contributed by atoms with Crippen LogP contribution >= 0.6 is 27.3 Å². The van der Waals surface area contributed by atoms with Crippen LogP contribution in [0.15, 0.2) is 43.4 Å². The summed E-state index contributed by atoms with van der Waals surface area (Å²) in [7, 11) is -4.01. The topological polar surface area (TPSA) is 95.9 Å². The molecule has 152 valence electrons. The summed E-state index contributed by atoms with van der Waals surface area (Å²) >= 11 is 4.71. The zero-order valence-corrected chi connectivity index (χ0v) is 18.9. The van der Waals surface area contributed by atoms with E-state index in [9.17, 15) is 18.0 Å². The number of anilines is 2. The van der Waals surface area contributed by atoms with E-state index in [0.29, 0.717) is 28.7 Å². The number of nitrogens with one attached hydrogen (secondary N) is 1. The number of hydrogen-bond acceptors (Lipinski definition) is 6. The smallest absolute Gasteiger partial charge is 0.286 e. The average Bonchev–Trinajstić information content (AvgIpc) is 3.03. The summed E-state index contributed by atoms with van der Waals surface area (Å²) in [6.07, 6.45) is 0.753. The van der Waals surface area contributed by atoms with Crippen molar-refractivity contribution in [1.29, 1.82) is 0 Å². The first-order chi connectivity index (χ1) is 13.7. The number of amides is 1. The third-order valence-electron chi connectivity index (χ3n) is 4.82. The summed E-state index contributed by atoms with van der Waals surface area (Å²) in [5.41, 5.74) is 0.708. The van der Waals surface area contributed by atoms with Crippen molar-refractivity contribution < 1.29 is 18.0 Å². The number of fused-ring (bicyclic) bond motifs is 2. The number of amidine groups is 1. The normalized spacial score (nSPS) is 20.2. The Bertz CT molecular complexity index is 1150. The Morgan fingerprint density at radius 3 is 2.72 bits per heavy atom. The van der Waals surface area contributed by atoms with Gasteiger partial charge < -0.3 is 10.2 Å². The highest BCUT2D eigenvalue weighted by Gasteiger charge is 2.45. The Kier molecular flexibility index (Phi) is 5.12. The SMILES string of the molecule is CC(C)CCN1C(=O)C(C2=NS(=O)(=O)c3ccccc3N2)C(=O)c2cc(Br)sc21. The Balaban J connectivity index is 1.79. The third kappa shape index (κ3) is 3.53. The fourth-order valence-corrected chi connectivity index (χ4v) is 6.12. The first-order valence-electron chi connectivity index (χ1n) is 9.05. The summed E-state index contributed by atoms with van der Waals surface area (Å²) in [6.45, 7) is 4.55. The van der Waals surface area contributed by atoms with Crippen LogP contribution in [0, 0.1) is 11.8 Å². The molecule has 1 atom stereocenters. The molecule has 2 aromatic rings. The number of sulfonamides is 1. The largest absolute Gasteiger partial charge is 0.341 e. The van der Waals surface area contributed by atoms with Crippen molar-refractivity contribution >= 4 is 65.5 Å². The molecule has 4 rings (SSSR count). The molecule has 3 heterocycles. The molecule has 0 bridgehead atoms. The molecule has 29 heavy (non-hydrogen) atoms. The minimum Gasteiger partial charge on any atom is -0.341 e. The molecule has 1 N–H and O–H groups in total. The number of carbonyl (C=O) groups is 2. The van der Waals surface area contributed by atoms with Gasteiger partial charge in [-0.15, -0.1) is 15.7 Å². The van der Waals surface area contributed by atoms with E-state index in [1.54, 1.807) is 29.2 Å². The second-order valence-corrected chi connectivity index (χ2v) is 11.3. The molecule has 2 aliphatic rings. The van der Waals surface area contributed by atoms with Gasteiger partial charge in [-0.1, -0.05) is 26.0 Å². The molecule has 0 aliphatic carbocycles. The summed E-state index contributed by atoms with van der Waals surface area (Å²) in [4.78, 5) is 28.1. The lowest BCUT2D eigenvalue weighted by Crippen LogP contribution is -2.50. The van der Waals surface area contributed by atoms with Gasteiger partial charge in [-0.05, 0) is 46.5 Å². The van der Waals surface area contributed by atoms with E-state index in [1.807, 2.05) is 0 Å². The molecule has 1 amide bonds. The molecule has 0 saturated heterocycles. The Morgan fingerprint density at radius 2 is 2.00 bits per heavy atom. The van der Waals surface area contributed by atoms with Crippen molar-refractivity contribution in [3.05, 3.63) is 39.7 Å². The quantitative estimate of drug-likeness (QED) is 0.648. The van der Waals surface area contributed by atoms with Crippen molar-refractivity contribution in [2.45, 2.75) is 25.2 Å². The van der Waals surface area contributed by atoms with E-state index >= 15 is 0 Å². The number of rotatable bonds is 4. The van der Waals surface area contributed by atoms with Crippen LogP contribution in [0.5, 0.6) is 0 Å². The molecule has 1 unspecified atom stereocenters. The lowest BCUT2D eigenvalue weighted by molar-refractivity contribution is -0.119. The molecule has 0 radical (unpaired) electrons. The summed E-state index contributed by atoms with van der Waals surface area (Å²) in [5, 5.41) is 3.49. The summed E-state index contributed by atoms with van der Waals surface area (Å²) in [5.74, 6) is -2.02. The lowest BCUT2D eigenvalue weighted by atomic mass is 9.92. The number of Topliss-reactive ketones (excluding diaryl/α,β-unsaturated/α-hetero) is 1.